The standard InChI is InChI=1S/C25H21F3N4O4/c1-14-8-10-16(11-9-14)32-23-22(15(2)30-32)18(25(26,27)28)12-21(34)31(23)13-20(33)29-19-7-5-4-6-17(19)24(35)36-3/h4-12H,13H2,1-3H3,(H,29,33). The second-order valence-electron chi connectivity index (χ2n) is 8.10. The number of aromatic nitrogens is 3. The number of amides is 1. The Bertz CT molecular complexity index is 1540. The average Bonchev–Trinajstić information content (AvgIpc) is 3.17. The summed E-state index contributed by atoms with van der Waals surface area (Å²) in [5.41, 5.74) is -0.736. The Balaban J connectivity index is 1.86. The minimum Gasteiger partial charge on any atom is -0.465 e. The maximum absolute atomic E-state index is 13.9. The number of carbonyl (C=O) groups excluding carboxylic acids is 2. The lowest BCUT2D eigenvalue weighted by molar-refractivity contribution is -0.136. The highest BCUT2D eigenvalue weighted by Gasteiger charge is 2.36. The van der Waals surface area contributed by atoms with Crippen LogP contribution in [0, 0.1) is 13.8 Å². The monoisotopic (exact) mass is 498 g/mol. The number of esters is 1. The molecule has 0 saturated heterocycles. The molecule has 1 N–H and O–H groups in total. The molecule has 11 heteroatoms. The first kappa shape index (κ1) is 24.7. The second kappa shape index (κ2) is 9.33. The van der Waals surface area contributed by atoms with Crippen LogP contribution in [0.2, 0.25) is 0 Å². The quantitative estimate of drug-likeness (QED) is 0.415. The zero-order valence-corrected chi connectivity index (χ0v) is 19.5. The van der Waals surface area contributed by atoms with E-state index in [2.05, 4.69) is 10.4 Å². The smallest absolute Gasteiger partial charge is 0.417 e. The predicted octanol–water partition coefficient (Wildman–Crippen LogP) is 4.25. The van der Waals surface area contributed by atoms with Gasteiger partial charge < -0.3 is 10.1 Å². The van der Waals surface area contributed by atoms with Crippen LogP contribution in [-0.4, -0.2) is 33.3 Å². The lowest BCUT2D eigenvalue weighted by Crippen LogP contribution is -2.30. The number of pyridine rings is 1. The highest BCUT2D eigenvalue weighted by molar-refractivity contribution is 6.01. The van der Waals surface area contributed by atoms with Crippen molar-refractivity contribution in [2.45, 2.75) is 26.6 Å². The summed E-state index contributed by atoms with van der Waals surface area (Å²) in [6, 6.07) is 13.4. The summed E-state index contributed by atoms with van der Waals surface area (Å²) < 4.78 is 48.5. The maximum Gasteiger partial charge on any atom is 0.417 e. The van der Waals surface area contributed by atoms with Gasteiger partial charge in [-0.3, -0.25) is 14.2 Å². The molecule has 0 saturated carbocycles. The molecule has 0 bridgehead atoms. The third-order valence-electron chi connectivity index (χ3n) is 5.59. The van der Waals surface area contributed by atoms with Gasteiger partial charge in [0.2, 0.25) is 5.91 Å². The fraction of sp³-hybridized carbons (Fsp3) is 0.200. The molecule has 1 amide bonds. The molecule has 2 aromatic heterocycles. The molecule has 0 unspecified atom stereocenters. The van der Waals surface area contributed by atoms with E-state index in [1.165, 1.54) is 30.8 Å². The van der Waals surface area contributed by atoms with E-state index in [0.29, 0.717) is 11.8 Å². The molecule has 0 spiro atoms. The minimum absolute atomic E-state index is 0.0445. The van der Waals surface area contributed by atoms with Gasteiger partial charge in [0.25, 0.3) is 5.56 Å². The number of anilines is 1. The van der Waals surface area contributed by atoms with Gasteiger partial charge >= 0.3 is 12.1 Å². The summed E-state index contributed by atoms with van der Waals surface area (Å²) in [5, 5.41) is 6.52. The van der Waals surface area contributed by atoms with Crippen molar-refractivity contribution in [3.8, 4) is 5.69 Å². The number of nitrogens with zero attached hydrogens (tertiary/aromatic N) is 3. The number of ether oxygens (including phenoxy) is 1. The molecule has 4 aromatic rings. The van der Waals surface area contributed by atoms with Crippen LogP contribution in [0.25, 0.3) is 16.7 Å². The molecule has 8 nitrogen and oxygen atoms in total. The molecule has 186 valence electrons. The molecular formula is C25H21F3N4O4. The van der Waals surface area contributed by atoms with Crippen molar-refractivity contribution >= 4 is 28.6 Å². The number of hydrogen-bond donors (Lipinski definition) is 1. The summed E-state index contributed by atoms with van der Waals surface area (Å²) in [6.45, 7) is 2.63. The van der Waals surface area contributed by atoms with Gasteiger partial charge in [-0.05, 0) is 38.1 Å². The third kappa shape index (κ3) is 4.59. The average molecular weight is 498 g/mol. The number of para-hydroxylation sites is 1. The van der Waals surface area contributed by atoms with E-state index in [9.17, 15) is 27.6 Å². The van der Waals surface area contributed by atoms with Crippen molar-refractivity contribution in [2.75, 3.05) is 12.4 Å². The molecule has 36 heavy (non-hydrogen) atoms. The second-order valence-corrected chi connectivity index (χ2v) is 8.10. The van der Waals surface area contributed by atoms with Gasteiger partial charge in [0, 0.05) is 6.07 Å². The number of methoxy groups -OCH3 is 1. The number of rotatable bonds is 5. The van der Waals surface area contributed by atoms with Crippen LogP contribution < -0.4 is 10.9 Å². The van der Waals surface area contributed by atoms with Crippen molar-refractivity contribution in [3.05, 3.63) is 87.3 Å². The van der Waals surface area contributed by atoms with Gasteiger partial charge in [0.1, 0.15) is 12.2 Å². The molecule has 0 aliphatic carbocycles. The number of aryl methyl sites for hydroxylation is 2. The van der Waals surface area contributed by atoms with Gasteiger partial charge in [-0.25, -0.2) is 9.48 Å². The van der Waals surface area contributed by atoms with Crippen molar-refractivity contribution in [3.63, 3.8) is 0 Å². The first-order valence-corrected chi connectivity index (χ1v) is 10.8. The van der Waals surface area contributed by atoms with Crippen molar-refractivity contribution in [2.24, 2.45) is 0 Å². The Morgan fingerprint density at radius 3 is 2.36 bits per heavy atom. The van der Waals surface area contributed by atoms with E-state index in [0.717, 1.165) is 10.1 Å². The lowest BCUT2D eigenvalue weighted by atomic mass is 10.1. The van der Waals surface area contributed by atoms with Gasteiger partial charge in [-0.1, -0.05) is 29.8 Å². The maximum atomic E-state index is 13.9. The highest BCUT2D eigenvalue weighted by Crippen LogP contribution is 2.36. The van der Waals surface area contributed by atoms with E-state index >= 15 is 0 Å². The Labute approximate surface area is 202 Å². The lowest BCUT2D eigenvalue weighted by Gasteiger charge is -2.15. The molecule has 0 aliphatic rings. The zero-order valence-electron chi connectivity index (χ0n) is 19.5. The van der Waals surface area contributed by atoms with Crippen molar-refractivity contribution in [1.82, 2.24) is 14.3 Å². The Hall–Kier alpha value is -4.41. The number of hydrogen-bond acceptors (Lipinski definition) is 5. The number of nitrogens with one attached hydrogen (secondary N) is 1. The summed E-state index contributed by atoms with van der Waals surface area (Å²) >= 11 is 0. The minimum atomic E-state index is -4.82. The molecule has 4 rings (SSSR count). The fourth-order valence-corrected chi connectivity index (χ4v) is 3.91. The summed E-state index contributed by atoms with van der Waals surface area (Å²) in [7, 11) is 1.19. The molecule has 0 fully saturated rings. The van der Waals surface area contributed by atoms with Crippen LogP contribution in [-0.2, 0) is 22.3 Å². The number of alkyl halides is 3. The number of halogens is 3. The summed E-state index contributed by atoms with van der Waals surface area (Å²) in [5.74, 6) is -1.42. The van der Waals surface area contributed by atoms with E-state index < -0.39 is 35.7 Å². The van der Waals surface area contributed by atoms with E-state index in [4.69, 9.17) is 4.74 Å². The predicted molar refractivity (Wildman–Crippen MR) is 126 cm³/mol. The number of carbonyl (C=O) groups is 2. The van der Waals surface area contributed by atoms with Crippen LogP contribution in [0.4, 0.5) is 18.9 Å². The molecule has 0 radical (unpaired) electrons. The van der Waals surface area contributed by atoms with E-state index in [1.807, 2.05) is 6.92 Å². The van der Waals surface area contributed by atoms with Crippen LogP contribution >= 0.6 is 0 Å². The third-order valence-corrected chi connectivity index (χ3v) is 5.59. The summed E-state index contributed by atoms with van der Waals surface area (Å²) in [4.78, 5) is 37.9. The van der Waals surface area contributed by atoms with Gasteiger partial charge in [0.05, 0.1) is 40.7 Å². The van der Waals surface area contributed by atoms with Crippen molar-refractivity contribution < 1.29 is 27.5 Å². The molecule has 2 aromatic carbocycles. The Kier molecular flexibility index (Phi) is 6.40. The normalized spacial score (nSPS) is 11.5. The van der Waals surface area contributed by atoms with Crippen LogP contribution in [0.5, 0.6) is 0 Å². The van der Waals surface area contributed by atoms with Crippen LogP contribution in [0.15, 0.2) is 59.4 Å². The molecule has 2 heterocycles. The largest absolute Gasteiger partial charge is 0.465 e. The first-order chi connectivity index (χ1) is 17.0. The summed E-state index contributed by atoms with van der Waals surface area (Å²) in [6.07, 6.45) is -4.82. The van der Waals surface area contributed by atoms with Gasteiger partial charge in [-0.2, -0.15) is 18.3 Å². The highest BCUT2D eigenvalue weighted by atomic mass is 19.4. The van der Waals surface area contributed by atoms with Crippen LogP contribution in [0.3, 0.4) is 0 Å². The van der Waals surface area contributed by atoms with E-state index in [1.54, 1.807) is 36.4 Å². The van der Waals surface area contributed by atoms with Crippen molar-refractivity contribution in [1.29, 1.82) is 0 Å². The number of fused-ring (bicyclic) bond motifs is 1. The Morgan fingerprint density at radius 2 is 1.72 bits per heavy atom. The number of benzene rings is 2. The topological polar surface area (TPSA) is 95.2 Å². The molecule has 0 aliphatic heterocycles. The fourth-order valence-electron chi connectivity index (χ4n) is 3.91. The SMILES string of the molecule is COC(=O)c1ccccc1NC(=O)Cn1c(=O)cc(C(F)(F)F)c2c(C)nn(-c3ccc(C)cc3)c21. The zero-order chi connectivity index (χ0) is 26.2. The van der Waals surface area contributed by atoms with Gasteiger partial charge in [-0.15, -0.1) is 0 Å². The Morgan fingerprint density at radius 1 is 1.06 bits per heavy atom. The van der Waals surface area contributed by atoms with Crippen LogP contribution in [0.1, 0.15) is 27.2 Å². The first-order valence-electron chi connectivity index (χ1n) is 10.8. The van der Waals surface area contributed by atoms with E-state index in [-0.39, 0.29) is 28.0 Å². The van der Waals surface area contributed by atoms with Gasteiger partial charge in [0.15, 0.2) is 0 Å². The molecule has 0 atom stereocenters. The molecular weight excluding hydrogens is 477 g/mol.